The zero-order chi connectivity index (χ0) is 31.9. The van der Waals surface area contributed by atoms with E-state index in [1.54, 1.807) is 14.7 Å². The van der Waals surface area contributed by atoms with Crippen LogP contribution in [0, 0.1) is 0 Å². The maximum absolute atomic E-state index is 12.3. The largest absolute Gasteiger partial charge is 0.483 e. The lowest BCUT2D eigenvalue weighted by molar-refractivity contribution is -0.140. The number of carboxylic acid groups (broad SMARTS) is 4. The van der Waals surface area contributed by atoms with Crippen LogP contribution in [0.15, 0.2) is 18.2 Å². The molecule has 1 heterocycles. The first-order valence-corrected chi connectivity index (χ1v) is 13.6. The highest BCUT2D eigenvalue weighted by Crippen LogP contribution is 2.21. The van der Waals surface area contributed by atoms with E-state index in [4.69, 9.17) is 10.5 Å². The number of carbonyl (C=O) groups excluding carboxylic acids is 1. The van der Waals surface area contributed by atoms with Crippen molar-refractivity contribution in [2.75, 3.05) is 97.4 Å². The first kappa shape index (κ1) is 35.2. The quantitative estimate of drug-likeness (QED) is 0.106. The van der Waals surface area contributed by atoms with Crippen LogP contribution in [0.5, 0.6) is 5.75 Å². The Balaban J connectivity index is 2.00. The van der Waals surface area contributed by atoms with Gasteiger partial charge in [0.25, 0.3) is 5.91 Å². The standard InChI is InChI=1S/C26H40N6O11/c27-18-1-2-21(20(11-18)26(41)42)43-17-22(34)28-12-19(33)13-29-3-5-30(14-23(35)36)7-9-32(16-25(39)40)10-8-31(6-4-29)15-24(37)38/h1-2,11,19,33H,3-10,12-17,27H2,(H,28,34)(H,35,36)(H,37,38)(H,39,40)(H,41,42). The molecule has 0 bridgehead atoms. The van der Waals surface area contributed by atoms with E-state index >= 15 is 0 Å². The molecule has 1 aromatic rings. The number of nitrogen functional groups attached to an aromatic ring is 1. The highest BCUT2D eigenvalue weighted by Gasteiger charge is 2.22. The molecule has 1 aliphatic rings. The summed E-state index contributed by atoms with van der Waals surface area (Å²) in [5.41, 5.74) is 5.62. The number of aliphatic hydroxyl groups excluding tert-OH is 1. The number of aromatic carboxylic acids is 1. The first-order valence-electron chi connectivity index (χ1n) is 13.6. The molecule has 1 aromatic carbocycles. The number of nitrogens with one attached hydrogen (secondary N) is 1. The number of hydrogen-bond acceptors (Lipinski definition) is 12. The molecule has 1 atom stereocenters. The Hall–Kier alpha value is -4.03. The molecule has 17 nitrogen and oxygen atoms in total. The number of anilines is 1. The second-order valence-corrected chi connectivity index (χ2v) is 10.1. The maximum atomic E-state index is 12.3. The number of hydrogen-bond donors (Lipinski definition) is 7. The minimum absolute atomic E-state index is 0.0420. The summed E-state index contributed by atoms with van der Waals surface area (Å²) in [5, 5.41) is 50.4. The van der Waals surface area contributed by atoms with Crippen molar-refractivity contribution in [2.24, 2.45) is 0 Å². The summed E-state index contributed by atoms with van der Waals surface area (Å²) in [6.07, 6.45) is -1.05. The molecule has 17 heteroatoms. The minimum atomic E-state index is -1.27. The lowest BCUT2D eigenvalue weighted by atomic mass is 10.2. The van der Waals surface area contributed by atoms with Crippen molar-refractivity contribution in [3.8, 4) is 5.75 Å². The Morgan fingerprint density at radius 2 is 1.21 bits per heavy atom. The van der Waals surface area contributed by atoms with Gasteiger partial charge in [0.2, 0.25) is 0 Å². The number of aliphatic carboxylic acids is 3. The van der Waals surface area contributed by atoms with Gasteiger partial charge in [-0.2, -0.15) is 0 Å². The summed E-state index contributed by atoms with van der Waals surface area (Å²) in [7, 11) is 0. The van der Waals surface area contributed by atoms with Crippen molar-refractivity contribution in [1.29, 1.82) is 0 Å². The number of β-amino-alcohol motifs (C(OH)–C–C–N with tert-alkyl or cyclic N) is 1. The molecule has 1 amide bonds. The summed E-state index contributed by atoms with van der Waals surface area (Å²) in [6, 6.07) is 3.97. The number of nitrogens with two attached hydrogens (primary N) is 1. The third kappa shape index (κ3) is 14.1. The number of ether oxygens (including phenoxy) is 1. The molecule has 0 aromatic heterocycles. The Morgan fingerprint density at radius 3 is 1.63 bits per heavy atom. The van der Waals surface area contributed by atoms with Gasteiger partial charge in [-0.25, -0.2) is 4.79 Å². The molecule has 1 fully saturated rings. The fourth-order valence-corrected chi connectivity index (χ4v) is 4.44. The van der Waals surface area contributed by atoms with Gasteiger partial charge in [0.15, 0.2) is 6.61 Å². The topological polar surface area (TPSA) is 247 Å². The van der Waals surface area contributed by atoms with Gasteiger partial charge in [-0.3, -0.25) is 38.8 Å². The van der Waals surface area contributed by atoms with Gasteiger partial charge in [0.05, 0.1) is 25.7 Å². The SMILES string of the molecule is Nc1ccc(OCC(=O)NCC(O)CN2CCN(CC(=O)O)CCN(CC(=O)O)CCN(CC(=O)O)CC2)c(C(=O)O)c1. The lowest BCUT2D eigenvalue weighted by Gasteiger charge is -2.33. The van der Waals surface area contributed by atoms with E-state index in [2.05, 4.69) is 5.32 Å². The number of carboxylic acids is 4. The molecule has 0 saturated carbocycles. The summed E-state index contributed by atoms with van der Waals surface area (Å²) in [5.74, 6) is -5.06. The molecular weight excluding hydrogens is 572 g/mol. The number of amides is 1. The van der Waals surface area contributed by atoms with E-state index in [1.165, 1.54) is 18.2 Å². The smallest absolute Gasteiger partial charge is 0.339 e. The van der Waals surface area contributed by atoms with Gasteiger partial charge in [-0.05, 0) is 18.2 Å². The zero-order valence-corrected chi connectivity index (χ0v) is 23.8. The number of nitrogens with zero attached hydrogens (tertiary/aromatic N) is 4. The molecule has 2 rings (SSSR count). The molecule has 0 spiro atoms. The molecule has 0 aliphatic carbocycles. The van der Waals surface area contributed by atoms with Crippen molar-refractivity contribution in [2.45, 2.75) is 6.10 Å². The van der Waals surface area contributed by atoms with Crippen LogP contribution in [0.25, 0.3) is 0 Å². The second-order valence-electron chi connectivity index (χ2n) is 10.1. The van der Waals surface area contributed by atoms with E-state index in [9.17, 15) is 49.5 Å². The predicted molar refractivity (Wildman–Crippen MR) is 151 cm³/mol. The number of carbonyl (C=O) groups is 5. The molecule has 43 heavy (non-hydrogen) atoms. The summed E-state index contributed by atoms with van der Waals surface area (Å²) in [4.78, 5) is 64.6. The minimum Gasteiger partial charge on any atom is -0.483 e. The first-order chi connectivity index (χ1) is 20.3. The van der Waals surface area contributed by atoms with E-state index in [1.807, 2.05) is 4.90 Å². The Morgan fingerprint density at radius 1 is 0.767 bits per heavy atom. The third-order valence-corrected chi connectivity index (χ3v) is 6.60. The highest BCUT2D eigenvalue weighted by atomic mass is 16.5. The van der Waals surface area contributed by atoms with Crippen LogP contribution in [0.2, 0.25) is 0 Å². The van der Waals surface area contributed by atoms with E-state index in [-0.39, 0.29) is 89.0 Å². The van der Waals surface area contributed by atoms with Crippen LogP contribution in [-0.4, -0.2) is 173 Å². The molecule has 0 radical (unpaired) electrons. The van der Waals surface area contributed by atoms with Crippen molar-refractivity contribution < 1.29 is 54.2 Å². The zero-order valence-electron chi connectivity index (χ0n) is 23.8. The van der Waals surface area contributed by atoms with Crippen LogP contribution in [0.3, 0.4) is 0 Å². The van der Waals surface area contributed by atoms with E-state index in [0.717, 1.165) is 0 Å². The maximum Gasteiger partial charge on any atom is 0.339 e. The molecule has 8 N–H and O–H groups in total. The number of benzene rings is 1. The van der Waals surface area contributed by atoms with Gasteiger partial charge in [0.1, 0.15) is 11.3 Å². The molecular formula is C26H40N6O11. The van der Waals surface area contributed by atoms with Gasteiger partial charge in [-0.1, -0.05) is 0 Å². The fourth-order valence-electron chi connectivity index (χ4n) is 4.44. The Kier molecular flexibility index (Phi) is 14.6. The Labute approximate surface area is 248 Å². The normalized spacial score (nSPS) is 17.2. The van der Waals surface area contributed by atoms with Crippen LogP contribution < -0.4 is 15.8 Å². The van der Waals surface area contributed by atoms with Crippen molar-refractivity contribution in [3.05, 3.63) is 23.8 Å². The monoisotopic (exact) mass is 612 g/mol. The van der Waals surface area contributed by atoms with Gasteiger partial charge < -0.3 is 41.3 Å². The average Bonchev–Trinajstić information content (AvgIpc) is 2.91. The highest BCUT2D eigenvalue weighted by molar-refractivity contribution is 5.92. The fraction of sp³-hybridized carbons (Fsp3) is 0.577. The van der Waals surface area contributed by atoms with Crippen molar-refractivity contribution >= 4 is 35.5 Å². The number of aliphatic hydroxyl groups is 1. The molecule has 1 saturated heterocycles. The predicted octanol–water partition coefficient (Wildman–Crippen LogP) is -2.70. The molecule has 1 aliphatic heterocycles. The van der Waals surface area contributed by atoms with Gasteiger partial charge in [0, 0.05) is 71.1 Å². The second kappa shape index (κ2) is 17.8. The van der Waals surface area contributed by atoms with Gasteiger partial charge in [-0.15, -0.1) is 0 Å². The number of rotatable bonds is 14. The van der Waals surface area contributed by atoms with Crippen LogP contribution in [-0.2, 0) is 19.2 Å². The molecule has 240 valence electrons. The third-order valence-electron chi connectivity index (χ3n) is 6.60. The Bertz CT molecular complexity index is 1090. The summed E-state index contributed by atoms with van der Waals surface area (Å²) in [6.45, 7) is 0.876. The average molecular weight is 613 g/mol. The van der Waals surface area contributed by atoms with Crippen LogP contribution in [0.4, 0.5) is 5.69 Å². The summed E-state index contributed by atoms with van der Waals surface area (Å²) >= 11 is 0. The van der Waals surface area contributed by atoms with Crippen LogP contribution >= 0.6 is 0 Å². The van der Waals surface area contributed by atoms with Gasteiger partial charge >= 0.3 is 23.9 Å². The molecule has 1 unspecified atom stereocenters. The van der Waals surface area contributed by atoms with E-state index in [0.29, 0.717) is 13.1 Å². The van der Waals surface area contributed by atoms with Crippen molar-refractivity contribution in [1.82, 2.24) is 24.9 Å². The van der Waals surface area contributed by atoms with E-state index < -0.39 is 42.5 Å². The van der Waals surface area contributed by atoms with Crippen LogP contribution in [0.1, 0.15) is 10.4 Å². The van der Waals surface area contributed by atoms with Crippen molar-refractivity contribution in [3.63, 3.8) is 0 Å². The summed E-state index contributed by atoms with van der Waals surface area (Å²) < 4.78 is 5.31. The lowest BCUT2D eigenvalue weighted by Crippen LogP contribution is -2.50.